The number of ether oxygens (including phenoxy) is 2. The van der Waals surface area contributed by atoms with E-state index < -0.39 is 0 Å². The van der Waals surface area contributed by atoms with Crippen LogP contribution in [0.4, 0.5) is 0 Å². The van der Waals surface area contributed by atoms with Gasteiger partial charge in [-0.05, 0) is 25.1 Å². The number of rotatable bonds is 5. The summed E-state index contributed by atoms with van der Waals surface area (Å²) in [6.45, 7) is 8.27. The molecule has 5 heteroatoms. The molecule has 0 saturated heterocycles. The van der Waals surface area contributed by atoms with Gasteiger partial charge in [0.25, 0.3) is 0 Å². The third-order valence-corrected chi connectivity index (χ3v) is 4.52. The van der Waals surface area contributed by atoms with Gasteiger partial charge >= 0.3 is 0 Å². The first-order valence-electron chi connectivity index (χ1n) is 7.95. The molecule has 25 heavy (non-hydrogen) atoms. The van der Waals surface area contributed by atoms with Gasteiger partial charge in [0.05, 0.1) is 19.3 Å². The first kappa shape index (κ1) is 16.9. The number of aromatic hydroxyl groups is 2. The average molecular weight is 340 g/mol. The maximum absolute atomic E-state index is 12.7. The van der Waals surface area contributed by atoms with Crippen LogP contribution < -0.4 is 9.47 Å². The summed E-state index contributed by atoms with van der Waals surface area (Å²) in [6.07, 6.45) is 0. The van der Waals surface area contributed by atoms with E-state index in [0.717, 1.165) is 5.57 Å². The van der Waals surface area contributed by atoms with Gasteiger partial charge in [0.15, 0.2) is 5.78 Å². The van der Waals surface area contributed by atoms with Crippen LogP contribution in [0.2, 0.25) is 0 Å². The van der Waals surface area contributed by atoms with E-state index >= 15 is 0 Å². The second-order valence-corrected chi connectivity index (χ2v) is 6.29. The van der Waals surface area contributed by atoms with Crippen LogP contribution in [0.1, 0.15) is 29.8 Å². The number of phenolic OH excluding ortho intramolecular Hbond substituents is 2. The first-order valence-corrected chi connectivity index (χ1v) is 7.95. The summed E-state index contributed by atoms with van der Waals surface area (Å²) in [5.74, 6) is 0.444. The molecule has 0 radical (unpaired) electrons. The minimum absolute atomic E-state index is 0.0808. The van der Waals surface area contributed by atoms with Crippen LogP contribution in [0.3, 0.4) is 0 Å². The Kier molecular flexibility index (Phi) is 4.17. The summed E-state index contributed by atoms with van der Waals surface area (Å²) < 4.78 is 11.2. The smallest absolute Gasteiger partial charge is 0.198 e. The minimum Gasteiger partial charge on any atom is -0.507 e. The third kappa shape index (κ3) is 2.71. The number of phenols is 2. The second kappa shape index (κ2) is 6.16. The van der Waals surface area contributed by atoms with E-state index in [1.165, 1.54) is 19.2 Å². The van der Waals surface area contributed by atoms with E-state index in [1.54, 1.807) is 12.1 Å². The predicted molar refractivity (Wildman–Crippen MR) is 94.7 cm³/mol. The third-order valence-electron chi connectivity index (χ3n) is 4.52. The standard InChI is InChI=1S/C20H20O5/c1-10(2)11(3)9-25-12-7-13-17(16(8-12)24-4)18-14(21)5-6-15(22)19(18)20(13)23/h5-8,11,21-22H,1,9H2,2-4H3/t11-/m1/s1. The van der Waals surface area contributed by atoms with Gasteiger partial charge < -0.3 is 19.7 Å². The average Bonchev–Trinajstić information content (AvgIpc) is 2.89. The maximum Gasteiger partial charge on any atom is 0.198 e. The van der Waals surface area contributed by atoms with Gasteiger partial charge in [-0.3, -0.25) is 4.79 Å². The Morgan fingerprint density at radius 3 is 2.40 bits per heavy atom. The molecule has 2 N–H and O–H groups in total. The lowest BCUT2D eigenvalue weighted by molar-refractivity contribution is 0.104. The predicted octanol–water partition coefficient (Wildman–Crippen LogP) is 3.91. The van der Waals surface area contributed by atoms with Crippen molar-refractivity contribution in [3.8, 4) is 34.1 Å². The largest absolute Gasteiger partial charge is 0.507 e. The Labute approximate surface area is 146 Å². The molecule has 0 aromatic heterocycles. The number of hydrogen-bond acceptors (Lipinski definition) is 5. The summed E-state index contributed by atoms with van der Waals surface area (Å²) in [5.41, 5.74) is 2.19. The van der Waals surface area contributed by atoms with Gasteiger partial charge in [-0.1, -0.05) is 19.1 Å². The molecule has 0 aliphatic heterocycles. The Morgan fingerprint density at radius 1 is 1.16 bits per heavy atom. The van der Waals surface area contributed by atoms with Crippen molar-refractivity contribution >= 4 is 5.78 Å². The quantitative estimate of drug-likeness (QED) is 0.544. The van der Waals surface area contributed by atoms with E-state index in [2.05, 4.69) is 6.58 Å². The van der Waals surface area contributed by atoms with Gasteiger partial charge in [0, 0.05) is 28.7 Å². The topological polar surface area (TPSA) is 76.0 Å². The highest BCUT2D eigenvalue weighted by molar-refractivity contribution is 6.25. The SMILES string of the molecule is C=C(C)[C@H](C)COc1cc(OC)c2c(c1)C(=O)c1c(O)ccc(O)c1-2. The van der Waals surface area contributed by atoms with Crippen LogP contribution in [0.5, 0.6) is 23.0 Å². The van der Waals surface area contributed by atoms with E-state index in [4.69, 9.17) is 9.47 Å². The fraction of sp³-hybridized carbons (Fsp3) is 0.250. The molecular formula is C20H20O5. The number of methoxy groups -OCH3 is 1. The highest BCUT2D eigenvalue weighted by atomic mass is 16.5. The van der Waals surface area contributed by atoms with Gasteiger partial charge in [-0.2, -0.15) is 0 Å². The molecule has 1 atom stereocenters. The molecule has 1 aliphatic rings. The summed E-state index contributed by atoms with van der Waals surface area (Å²) in [7, 11) is 1.48. The molecule has 0 saturated carbocycles. The van der Waals surface area contributed by atoms with Crippen molar-refractivity contribution in [1.29, 1.82) is 0 Å². The van der Waals surface area contributed by atoms with Crippen molar-refractivity contribution in [2.24, 2.45) is 5.92 Å². The number of hydrogen-bond donors (Lipinski definition) is 2. The molecule has 3 rings (SSSR count). The van der Waals surface area contributed by atoms with Gasteiger partial charge in [-0.25, -0.2) is 0 Å². The lowest BCUT2D eigenvalue weighted by atomic mass is 10.0. The molecule has 0 spiro atoms. The molecule has 0 heterocycles. The zero-order chi connectivity index (χ0) is 18.3. The summed E-state index contributed by atoms with van der Waals surface area (Å²) >= 11 is 0. The molecule has 0 fully saturated rings. The normalized spacial score (nSPS) is 13.2. The van der Waals surface area contributed by atoms with Crippen molar-refractivity contribution in [2.45, 2.75) is 13.8 Å². The van der Waals surface area contributed by atoms with E-state index in [9.17, 15) is 15.0 Å². The molecule has 130 valence electrons. The van der Waals surface area contributed by atoms with Crippen LogP contribution in [0.15, 0.2) is 36.4 Å². The number of benzene rings is 2. The van der Waals surface area contributed by atoms with E-state index in [1.807, 2.05) is 13.8 Å². The number of ketones is 1. The summed E-state index contributed by atoms with van der Waals surface area (Å²) in [5, 5.41) is 20.2. The molecule has 0 amide bonds. The molecular weight excluding hydrogens is 320 g/mol. The molecule has 2 aromatic rings. The van der Waals surface area contributed by atoms with Crippen LogP contribution in [0, 0.1) is 5.92 Å². The van der Waals surface area contributed by atoms with Crippen molar-refractivity contribution in [2.75, 3.05) is 13.7 Å². The molecule has 2 aromatic carbocycles. The Hall–Kier alpha value is -2.95. The van der Waals surface area contributed by atoms with Crippen molar-refractivity contribution in [3.63, 3.8) is 0 Å². The van der Waals surface area contributed by atoms with Crippen LogP contribution in [-0.2, 0) is 0 Å². The molecule has 0 unspecified atom stereocenters. The van der Waals surface area contributed by atoms with Gasteiger partial charge in [-0.15, -0.1) is 0 Å². The number of carbonyl (C=O) groups excluding carboxylic acids is 1. The van der Waals surface area contributed by atoms with Gasteiger partial charge in [0.1, 0.15) is 23.0 Å². The van der Waals surface area contributed by atoms with E-state index in [0.29, 0.717) is 34.8 Å². The van der Waals surface area contributed by atoms with Crippen molar-refractivity contribution in [1.82, 2.24) is 0 Å². The Balaban J connectivity index is 2.09. The minimum atomic E-state index is -0.366. The molecule has 1 aliphatic carbocycles. The van der Waals surface area contributed by atoms with Crippen LogP contribution in [0.25, 0.3) is 11.1 Å². The van der Waals surface area contributed by atoms with Gasteiger partial charge in [0.2, 0.25) is 0 Å². The summed E-state index contributed by atoms with van der Waals surface area (Å²) in [4.78, 5) is 12.7. The zero-order valence-electron chi connectivity index (χ0n) is 14.4. The zero-order valence-corrected chi connectivity index (χ0v) is 14.4. The lowest BCUT2D eigenvalue weighted by Gasteiger charge is -2.15. The fourth-order valence-corrected chi connectivity index (χ4v) is 2.83. The van der Waals surface area contributed by atoms with Crippen molar-refractivity contribution < 1.29 is 24.5 Å². The Morgan fingerprint density at radius 2 is 1.80 bits per heavy atom. The lowest BCUT2D eigenvalue weighted by Crippen LogP contribution is -2.09. The first-order chi connectivity index (χ1) is 11.8. The molecule has 0 bridgehead atoms. The number of carbonyl (C=O) groups is 1. The molecule has 5 nitrogen and oxygen atoms in total. The highest BCUT2D eigenvalue weighted by Crippen LogP contribution is 2.51. The Bertz CT molecular complexity index is 882. The van der Waals surface area contributed by atoms with Crippen LogP contribution >= 0.6 is 0 Å². The van der Waals surface area contributed by atoms with Crippen LogP contribution in [-0.4, -0.2) is 29.7 Å². The monoisotopic (exact) mass is 340 g/mol. The number of fused-ring (bicyclic) bond motifs is 3. The summed E-state index contributed by atoms with van der Waals surface area (Å²) in [6, 6.07) is 5.95. The highest BCUT2D eigenvalue weighted by Gasteiger charge is 2.35. The fourth-order valence-electron chi connectivity index (χ4n) is 2.83. The van der Waals surface area contributed by atoms with Crippen molar-refractivity contribution in [3.05, 3.63) is 47.5 Å². The van der Waals surface area contributed by atoms with E-state index in [-0.39, 0.29) is 28.8 Å². The second-order valence-electron chi connectivity index (χ2n) is 6.29. The maximum atomic E-state index is 12.7.